The van der Waals surface area contributed by atoms with E-state index in [1.54, 1.807) is 48.0 Å². The topological polar surface area (TPSA) is 30.2 Å². The molecule has 0 aliphatic carbocycles. The molecular formula is C11H9IO2S2. The number of carbonyl (C=O) groups excluding carboxylic acids is 1. The zero-order valence-electron chi connectivity index (χ0n) is 8.31. The molecule has 84 valence electrons. The third-order valence-corrected chi connectivity index (χ3v) is 6.40. The number of carbonyl (C=O) groups is 1. The summed E-state index contributed by atoms with van der Waals surface area (Å²) in [4.78, 5) is 11.8. The van der Waals surface area contributed by atoms with Crippen LogP contribution >= 0.6 is 46.1 Å². The molecule has 0 saturated carbocycles. The summed E-state index contributed by atoms with van der Waals surface area (Å²) < 4.78 is 7.08. The Labute approximate surface area is 116 Å². The minimum Gasteiger partial charge on any atom is -0.465 e. The van der Waals surface area contributed by atoms with Gasteiger partial charge in [0, 0.05) is 11.5 Å². The standard InChI is InChI=1S/C11H9IO2S2/c12-10(11-15-6-7-16-11)9(13)4-3-8-2-1-5-14-8/h1-5H,6-7H2/b4-3+. The Morgan fingerprint density at radius 1 is 1.44 bits per heavy atom. The predicted octanol–water partition coefficient (Wildman–Crippen LogP) is 3.95. The van der Waals surface area contributed by atoms with Crippen molar-refractivity contribution in [1.82, 2.24) is 0 Å². The van der Waals surface area contributed by atoms with Gasteiger partial charge in [0.15, 0.2) is 5.78 Å². The van der Waals surface area contributed by atoms with Crippen LogP contribution in [-0.2, 0) is 4.79 Å². The van der Waals surface area contributed by atoms with Crippen LogP contribution in [0.1, 0.15) is 5.76 Å². The number of hydrogen-bond acceptors (Lipinski definition) is 4. The van der Waals surface area contributed by atoms with Crippen molar-refractivity contribution in [1.29, 1.82) is 0 Å². The molecule has 0 radical (unpaired) electrons. The lowest BCUT2D eigenvalue weighted by Crippen LogP contribution is -1.92. The van der Waals surface area contributed by atoms with Crippen LogP contribution in [0.2, 0.25) is 0 Å². The van der Waals surface area contributed by atoms with Gasteiger partial charge in [0.1, 0.15) is 5.76 Å². The quantitative estimate of drug-likeness (QED) is 0.600. The molecule has 0 bridgehead atoms. The van der Waals surface area contributed by atoms with Gasteiger partial charge in [-0.2, -0.15) is 0 Å². The Morgan fingerprint density at radius 3 is 2.81 bits per heavy atom. The van der Waals surface area contributed by atoms with E-state index in [4.69, 9.17) is 4.42 Å². The SMILES string of the molecule is O=C(/C=C/c1ccco1)C(I)=C1SCCS1. The van der Waals surface area contributed by atoms with Crippen LogP contribution in [0, 0.1) is 0 Å². The second-order valence-corrected chi connectivity index (χ2v) is 6.56. The van der Waals surface area contributed by atoms with Crippen molar-refractivity contribution >= 4 is 58.0 Å². The van der Waals surface area contributed by atoms with Gasteiger partial charge in [-0.05, 0) is 46.9 Å². The van der Waals surface area contributed by atoms with E-state index in [0.29, 0.717) is 5.76 Å². The van der Waals surface area contributed by atoms with Gasteiger partial charge in [-0.1, -0.05) is 0 Å². The van der Waals surface area contributed by atoms with Crippen LogP contribution in [0.5, 0.6) is 0 Å². The van der Waals surface area contributed by atoms with Crippen molar-refractivity contribution in [3.63, 3.8) is 0 Å². The maximum atomic E-state index is 11.8. The molecule has 0 amide bonds. The Morgan fingerprint density at radius 2 is 2.19 bits per heavy atom. The molecule has 1 fully saturated rings. The van der Waals surface area contributed by atoms with Crippen molar-refractivity contribution in [2.45, 2.75) is 0 Å². The van der Waals surface area contributed by atoms with Crippen molar-refractivity contribution in [3.05, 3.63) is 38.0 Å². The van der Waals surface area contributed by atoms with Gasteiger partial charge in [-0.15, -0.1) is 23.5 Å². The van der Waals surface area contributed by atoms with Crippen LogP contribution in [0.15, 0.2) is 36.7 Å². The molecule has 1 aliphatic rings. The van der Waals surface area contributed by atoms with E-state index in [0.717, 1.165) is 19.3 Å². The summed E-state index contributed by atoms with van der Waals surface area (Å²) in [6, 6.07) is 3.62. The van der Waals surface area contributed by atoms with E-state index in [9.17, 15) is 4.79 Å². The second kappa shape index (κ2) is 5.97. The molecule has 2 rings (SSSR count). The van der Waals surface area contributed by atoms with E-state index in [1.807, 2.05) is 6.07 Å². The van der Waals surface area contributed by atoms with E-state index >= 15 is 0 Å². The fourth-order valence-corrected chi connectivity index (χ4v) is 4.59. The fraction of sp³-hybridized carbons (Fsp3) is 0.182. The summed E-state index contributed by atoms with van der Waals surface area (Å²) in [5.41, 5.74) is 0. The Hall–Kier alpha value is -0.140. The lowest BCUT2D eigenvalue weighted by molar-refractivity contribution is -0.110. The molecule has 1 aromatic heterocycles. The van der Waals surface area contributed by atoms with E-state index in [2.05, 4.69) is 22.6 Å². The third kappa shape index (κ3) is 3.18. The Balaban J connectivity index is 2.05. The van der Waals surface area contributed by atoms with Crippen molar-refractivity contribution in [2.75, 3.05) is 11.5 Å². The molecule has 1 aromatic rings. The smallest absolute Gasteiger partial charge is 0.193 e. The van der Waals surface area contributed by atoms with E-state index in [-0.39, 0.29) is 5.78 Å². The monoisotopic (exact) mass is 364 g/mol. The number of allylic oxidation sites excluding steroid dienone is 2. The van der Waals surface area contributed by atoms with Crippen LogP contribution in [0.25, 0.3) is 6.08 Å². The van der Waals surface area contributed by atoms with E-state index < -0.39 is 0 Å². The number of thioether (sulfide) groups is 2. The van der Waals surface area contributed by atoms with Crippen LogP contribution in [0.4, 0.5) is 0 Å². The highest BCUT2D eigenvalue weighted by molar-refractivity contribution is 14.1. The van der Waals surface area contributed by atoms with Crippen molar-refractivity contribution in [2.24, 2.45) is 0 Å². The Kier molecular flexibility index (Phi) is 4.60. The highest BCUT2D eigenvalue weighted by Gasteiger charge is 2.15. The molecule has 0 spiro atoms. The first-order valence-corrected chi connectivity index (χ1v) is 7.73. The van der Waals surface area contributed by atoms with Crippen molar-refractivity contribution in [3.8, 4) is 0 Å². The Bertz CT molecular complexity index is 427. The minimum atomic E-state index is 0.0499. The fourth-order valence-electron chi connectivity index (χ4n) is 1.15. The first-order chi connectivity index (χ1) is 7.77. The summed E-state index contributed by atoms with van der Waals surface area (Å²) in [6.07, 6.45) is 4.86. The van der Waals surface area contributed by atoms with Gasteiger partial charge >= 0.3 is 0 Å². The molecule has 0 N–H and O–H groups in total. The first kappa shape index (κ1) is 12.3. The number of rotatable bonds is 3. The summed E-state index contributed by atoms with van der Waals surface area (Å²) in [6.45, 7) is 0. The van der Waals surface area contributed by atoms with Gasteiger partial charge in [0.25, 0.3) is 0 Å². The molecule has 2 nitrogen and oxygen atoms in total. The summed E-state index contributed by atoms with van der Waals surface area (Å²) in [5.74, 6) is 2.95. The van der Waals surface area contributed by atoms with Crippen molar-refractivity contribution < 1.29 is 9.21 Å². The van der Waals surface area contributed by atoms with Gasteiger partial charge in [0.05, 0.1) is 14.1 Å². The number of halogens is 1. The zero-order chi connectivity index (χ0) is 11.4. The van der Waals surface area contributed by atoms with Crippen LogP contribution in [-0.4, -0.2) is 17.3 Å². The molecule has 0 aromatic carbocycles. The molecule has 1 aliphatic heterocycles. The van der Waals surface area contributed by atoms with Gasteiger partial charge in [-0.3, -0.25) is 4.79 Å². The van der Waals surface area contributed by atoms with Crippen LogP contribution in [0.3, 0.4) is 0 Å². The summed E-state index contributed by atoms with van der Waals surface area (Å²) >= 11 is 5.64. The molecule has 0 atom stereocenters. The average molecular weight is 364 g/mol. The van der Waals surface area contributed by atoms with Gasteiger partial charge < -0.3 is 4.42 Å². The maximum Gasteiger partial charge on any atom is 0.193 e. The number of hydrogen-bond donors (Lipinski definition) is 0. The average Bonchev–Trinajstić information content (AvgIpc) is 2.96. The number of furan rings is 1. The highest BCUT2D eigenvalue weighted by Crippen LogP contribution is 2.40. The lowest BCUT2D eigenvalue weighted by Gasteiger charge is -1.97. The van der Waals surface area contributed by atoms with Crippen LogP contribution < -0.4 is 0 Å². The molecule has 16 heavy (non-hydrogen) atoms. The summed E-state index contributed by atoms with van der Waals surface area (Å²) in [7, 11) is 0. The molecule has 1 saturated heterocycles. The molecule has 0 unspecified atom stereocenters. The number of ketones is 1. The van der Waals surface area contributed by atoms with Gasteiger partial charge in [0.2, 0.25) is 0 Å². The second-order valence-electron chi connectivity index (χ2n) is 3.01. The van der Waals surface area contributed by atoms with Gasteiger partial charge in [-0.25, -0.2) is 0 Å². The minimum absolute atomic E-state index is 0.0499. The molecule has 5 heteroatoms. The normalized spacial score (nSPS) is 15.9. The third-order valence-electron chi connectivity index (χ3n) is 1.89. The first-order valence-electron chi connectivity index (χ1n) is 4.68. The molecule has 2 heterocycles. The maximum absolute atomic E-state index is 11.8. The lowest BCUT2D eigenvalue weighted by atomic mass is 10.3. The highest BCUT2D eigenvalue weighted by atomic mass is 127. The summed E-state index contributed by atoms with van der Waals surface area (Å²) in [5, 5.41) is 0. The zero-order valence-corrected chi connectivity index (χ0v) is 12.1. The largest absolute Gasteiger partial charge is 0.465 e. The predicted molar refractivity (Wildman–Crippen MR) is 78.7 cm³/mol. The molecular weight excluding hydrogens is 355 g/mol. The van der Waals surface area contributed by atoms with E-state index in [1.165, 1.54) is 0 Å².